The quantitative estimate of drug-likeness (QED) is 0.882. The van der Waals surface area contributed by atoms with Gasteiger partial charge in [0.2, 0.25) is 0 Å². The molecule has 4 heteroatoms. The van der Waals surface area contributed by atoms with Crippen LogP contribution in [-0.4, -0.2) is 24.1 Å². The summed E-state index contributed by atoms with van der Waals surface area (Å²) in [5.74, 6) is 1.18. The van der Waals surface area contributed by atoms with Crippen LogP contribution < -0.4 is 10.6 Å². The van der Waals surface area contributed by atoms with Crippen LogP contribution in [0.2, 0.25) is 5.02 Å². The number of benzene rings is 1. The highest BCUT2D eigenvalue weighted by atomic mass is 35.5. The Hall–Kier alpha value is -0.380. The Bertz CT molecular complexity index is 370. The summed E-state index contributed by atoms with van der Waals surface area (Å²) in [7, 11) is 0. The molecule has 1 fully saturated rings. The Morgan fingerprint density at radius 3 is 3.00 bits per heavy atom. The predicted octanol–water partition coefficient (Wildman–Crippen LogP) is 2.74. The van der Waals surface area contributed by atoms with E-state index in [0.29, 0.717) is 11.8 Å². The standard InChI is InChI=1S/C12H17ClN2S/c1-9-8-15(4-5-16-9)12-3-2-10(7-14)6-11(12)13/h2-3,6,9H,4-5,7-8,14H2,1H3. The molecular formula is C12H17ClN2S. The third-order valence-corrected chi connectivity index (χ3v) is 4.27. The van der Waals surface area contributed by atoms with E-state index in [9.17, 15) is 0 Å². The van der Waals surface area contributed by atoms with Gasteiger partial charge in [0.1, 0.15) is 0 Å². The lowest BCUT2D eigenvalue weighted by Gasteiger charge is -2.33. The van der Waals surface area contributed by atoms with Crippen LogP contribution in [0.15, 0.2) is 18.2 Å². The maximum Gasteiger partial charge on any atom is 0.0642 e. The summed E-state index contributed by atoms with van der Waals surface area (Å²) in [5.41, 5.74) is 7.83. The van der Waals surface area contributed by atoms with Crippen molar-refractivity contribution in [3.05, 3.63) is 28.8 Å². The molecule has 16 heavy (non-hydrogen) atoms. The Morgan fingerprint density at radius 2 is 2.38 bits per heavy atom. The van der Waals surface area contributed by atoms with Gasteiger partial charge in [-0.25, -0.2) is 0 Å². The van der Waals surface area contributed by atoms with E-state index in [1.165, 1.54) is 5.75 Å². The molecule has 2 rings (SSSR count). The highest BCUT2D eigenvalue weighted by Crippen LogP contribution is 2.30. The highest BCUT2D eigenvalue weighted by Gasteiger charge is 2.18. The molecule has 0 spiro atoms. The second-order valence-electron chi connectivity index (χ2n) is 4.12. The first-order valence-electron chi connectivity index (χ1n) is 5.55. The SMILES string of the molecule is CC1CN(c2ccc(CN)cc2Cl)CCS1. The molecular weight excluding hydrogens is 240 g/mol. The zero-order valence-electron chi connectivity index (χ0n) is 9.45. The minimum absolute atomic E-state index is 0.548. The number of halogens is 1. The summed E-state index contributed by atoms with van der Waals surface area (Å²) >= 11 is 8.31. The molecule has 1 aliphatic rings. The topological polar surface area (TPSA) is 29.3 Å². The zero-order valence-corrected chi connectivity index (χ0v) is 11.0. The van der Waals surface area contributed by atoms with Gasteiger partial charge >= 0.3 is 0 Å². The molecule has 0 aromatic heterocycles. The van der Waals surface area contributed by atoms with Gasteiger partial charge in [0.05, 0.1) is 10.7 Å². The fraction of sp³-hybridized carbons (Fsp3) is 0.500. The summed E-state index contributed by atoms with van der Waals surface area (Å²) in [5, 5.41) is 1.50. The Balaban J connectivity index is 2.19. The summed E-state index contributed by atoms with van der Waals surface area (Å²) in [6, 6.07) is 6.13. The lowest BCUT2D eigenvalue weighted by molar-refractivity contribution is 0.783. The van der Waals surface area contributed by atoms with Crippen molar-refractivity contribution in [3.63, 3.8) is 0 Å². The van der Waals surface area contributed by atoms with Crippen molar-refractivity contribution in [2.45, 2.75) is 18.7 Å². The monoisotopic (exact) mass is 256 g/mol. The molecule has 2 N–H and O–H groups in total. The molecule has 0 radical (unpaired) electrons. The van der Waals surface area contributed by atoms with E-state index >= 15 is 0 Å². The molecule has 2 nitrogen and oxygen atoms in total. The van der Waals surface area contributed by atoms with Gasteiger partial charge in [0.25, 0.3) is 0 Å². The molecule has 0 amide bonds. The molecule has 1 aromatic carbocycles. The first-order chi connectivity index (χ1) is 7.70. The van der Waals surface area contributed by atoms with Crippen LogP contribution in [0.25, 0.3) is 0 Å². The minimum atomic E-state index is 0.548. The van der Waals surface area contributed by atoms with Crippen molar-refractivity contribution in [2.75, 3.05) is 23.7 Å². The third-order valence-electron chi connectivity index (χ3n) is 2.83. The maximum absolute atomic E-state index is 6.29. The number of thioether (sulfide) groups is 1. The molecule has 0 aliphatic carbocycles. The second kappa shape index (κ2) is 5.30. The number of nitrogens with two attached hydrogens (primary N) is 1. The van der Waals surface area contributed by atoms with Crippen LogP contribution in [-0.2, 0) is 6.54 Å². The molecule has 1 atom stereocenters. The first-order valence-corrected chi connectivity index (χ1v) is 6.98. The van der Waals surface area contributed by atoms with Crippen LogP contribution in [0.5, 0.6) is 0 Å². The van der Waals surface area contributed by atoms with Gasteiger partial charge in [0.15, 0.2) is 0 Å². The van der Waals surface area contributed by atoms with Crippen molar-refractivity contribution in [3.8, 4) is 0 Å². The fourth-order valence-corrected chi connectivity index (χ4v) is 3.31. The van der Waals surface area contributed by atoms with E-state index < -0.39 is 0 Å². The van der Waals surface area contributed by atoms with Crippen LogP contribution in [0.4, 0.5) is 5.69 Å². The lowest BCUT2D eigenvalue weighted by atomic mass is 10.2. The van der Waals surface area contributed by atoms with Crippen molar-refractivity contribution < 1.29 is 0 Å². The second-order valence-corrected chi connectivity index (χ2v) is 6.07. The Labute approximate surface area is 106 Å². The molecule has 1 aromatic rings. The van der Waals surface area contributed by atoms with Crippen molar-refractivity contribution in [1.29, 1.82) is 0 Å². The zero-order chi connectivity index (χ0) is 11.5. The highest BCUT2D eigenvalue weighted by molar-refractivity contribution is 8.00. The summed E-state index contributed by atoms with van der Waals surface area (Å²) in [4.78, 5) is 2.36. The van der Waals surface area contributed by atoms with Crippen LogP contribution in [0.1, 0.15) is 12.5 Å². The van der Waals surface area contributed by atoms with Gasteiger partial charge in [0, 0.05) is 30.6 Å². The maximum atomic E-state index is 6.29. The fourth-order valence-electron chi connectivity index (χ4n) is 1.97. The van der Waals surface area contributed by atoms with Crippen molar-refractivity contribution >= 4 is 29.1 Å². The van der Waals surface area contributed by atoms with E-state index in [1.807, 2.05) is 17.8 Å². The van der Waals surface area contributed by atoms with E-state index in [4.69, 9.17) is 17.3 Å². The number of hydrogen-bond donors (Lipinski definition) is 1. The van der Waals surface area contributed by atoms with Gasteiger partial charge in [-0.3, -0.25) is 0 Å². The van der Waals surface area contributed by atoms with Gasteiger partial charge in [-0.2, -0.15) is 11.8 Å². The van der Waals surface area contributed by atoms with Crippen molar-refractivity contribution in [2.24, 2.45) is 5.73 Å². The molecule has 0 saturated carbocycles. The normalized spacial score (nSPS) is 21.2. The van der Waals surface area contributed by atoms with Gasteiger partial charge in [-0.15, -0.1) is 0 Å². The van der Waals surface area contributed by atoms with Gasteiger partial charge in [-0.1, -0.05) is 24.6 Å². The summed E-state index contributed by atoms with van der Waals surface area (Å²) in [6.07, 6.45) is 0. The average molecular weight is 257 g/mol. The number of anilines is 1. The van der Waals surface area contributed by atoms with E-state index in [-0.39, 0.29) is 0 Å². The lowest BCUT2D eigenvalue weighted by Crippen LogP contribution is -2.36. The summed E-state index contributed by atoms with van der Waals surface area (Å²) < 4.78 is 0. The minimum Gasteiger partial charge on any atom is -0.368 e. The van der Waals surface area contributed by atoms with E-state index in [0.717, 1.165) is 29.4 Å². The number of rotatable bonds is 2. The first kappa shape index (κ1) is 12.1. The van der Waals surface area contributed by atoms with Crippen LogP contribution in [0, 0.1) is 0 Å². The van der Waals surface area contributed by atoms with Crippen molar-refractivity contribution in [1.82, 2.24) is 0 Å². The smallest absolute Gasteiger partial charge is 0.0642 e. The van der Waals surface area contributed by atoms with Gasteiger partial charge < -0.3 is 10.6 Å². The molecule has 0 bridgehead atoms. The molecule has 1 unspecified atom stereocenters. The average Bonchev–Trinajstić information content (AvgIpc) is 2.28. The third kappa shape index (κ3) is 2.65. The van der Waals surface area contributed by atoms with Crippen LogP contribution >= 0.6 is 23.4 Å². The van der Waals surface area contributed by atoms with Gasteiger partial charge in [-0.05, 0) is 17.7 Å². The molecule has 1 aliphatic heterocycles. The number of hydrogen-bond acceptors (Lipinski definition) is 3. The Kier molecular flexibility index (Phi) is 4.00. The predicted molar refractivity (Wildman–Crippen MR) is 73.5 cm³/mol. The number of nitrogens with zero attached hydrogens (tertiary/aromatic N) is 1. The van der Waals surface area contributed by atoms with Crippen LogP contribution in [0.3, 0.4) is 0 Å². The Morgan fingerprint density at radius 1 is 1.56 bits per heavy atom. The van der Waals surface area contributed by atoms with E-state index in [1.54, 1.807) is 0 Å². The van der Waals surface area contributed by atoms with E-state index in [2.05, 4.69) is 24.0 Å². The summed E-state index contributed by atoms with van der Waals surface area (Å²) in [6.45, 7) is 4.97. The largest absolute Gasteiger partial charge is 0.368 e. The molecule has 88 valence electrons. The molecule has 1 saturated heterocycles. The molecule has 1 heterocycles.